The highest BCUT2D eigenvalue weighted by atomic mass is 19.1. The van der Waals surface area contributed by atoms with Crippen molar-refractivity contribution < 1.29 is 18.8 Å². The second-order valence-corrected chi connectivity index (χ2v) is 11.6. The van der Waals surface area contributed by atoms with E-state index in [0.717, 1.165) is 11.9 Å². The summed E-state index contributed by atoms with van der Waals surface area (Å²) in [5, 5.41) is 7.96. The fraction of sp³-hybridized carbons (Fsp3) is 0.387. The predicted molar refractivity (Wildman–Crippen MR) is 177 cm³/mol. The van der Waals surface area contributed by atoms with Gasteiger partial charge in [-0.1, -0.05) is 18.2 Å². The first-order valence-electron chi connectivity index (χ1n) is 15.1. The molecule has 5 rings (SSSR count). The molecular weight excluding hydrogens is 607 g/mol. The van der Waals surface area contributed by atoms with Crippen LogP contribution in [0, 0.1) is 5.82 Å². The molecule has 4 heterocycles. The summed E-state index contributed by atoms with van der Waals surface area (Å²) in [5.74, 6) is 9.66. The van der Waals surface area contributed by atoms with Crippen LogP contribution in [0.1, 0.15) is 27.3 Å². The summed E-state index contributed by atoms with van der Waals surface area (Å²) in [6, 6.07) is 10.7. The first-order chi connectivity index (χ1) is 22.5. The van der Waals surface area contributed by atoms with Gasteiger partial charge in [-0.15, -0.1) is 0 Å². The molecule has 0 bridgehead atoms. The van der Waals surface area contributed by atoms with Crippen LogP contribution in [0.15, 0.2) is 48.8 Å². The van der Waals surface area contributed by atoms with Gasteiger partial charge in [0.15, 0.2) is 18.4 Å². The number of aromatic amines is 2. The Morgan fingerprint density at radius 1 is 1.09 bits per heavy atom. The summed E-state index contributed by atoms with van der Waals surface area (Å²) in [6.45, 7) is 3.65. The number of halogens is 1. The first-order valence-corrected chi connectivity index (χ1v) is 15.1. The zero-order valence-corrected chi connectivity index (χ0v) is 27.1. The molecule has 3 aromatic heterocycles. The van der Waals surface area contributed by atoms with Gasteiger partial charge in [0.2, 0.25) is 0 Å². The smallest absolute Gasteiger partial charge is 0.295 e. The van der Waals surface area contributed by atoms with Crippen LogP contribution in [0.2, 0.25) is 0 Å². The minimum Gasteiger partial charge on any atom is -0.359 e. The van der Waals surface area contributed by atoms with Crippen molar-refractivity contribution in [1.29, 1.82) is 0 Å². The van der Waals surface area contributed by atoms with Crippen molar-refractivity contribution in [3.8, 4) is 11.4 Å². The lowest BCUT2D eigenvalue weighted by Crippen LogP contribution is -2.65. The molecule has 1 aliphatic heterocycles. The van der Waals surface area contributed by atoms with Crippen LogP contribution < -0.4 is 22.1 Å². The first kappa shape index (κ1) is 35.3. The SMILES string of the molecule is CN(C)CCCN(C)C.NNC(N1CCN(C(=O)C(=O)c2c[nH]c3c(-c4cc(C=O)[nH]n4)ncc(F)c23)CC1)N(N)c1ccccc1. The fourth-order valence-corrected chi connectivity index (χ4v) is 5.23. The van der Waals surface area contributed by atoms with E-state index in [1.165, 1.54) is 41.7 Å². The molecule has 1 fully saturated rings. The number of fused-ring (bicyclic) bond motifs is 1. The van der Waals surface area contributed by atoms with Gasteiger partial charge >= 0.3 is 0 Å². The van der Waals surface area contributed by atoms with E-state index in [1.54, 1.807) is 0 Å². The summed E-state index contributed by atoms with van der Waals surface area (Å²) in [7, 11) is 8.43. The van der Waals surface area contributed by atoms with Gasteiger partial charge < -0.3 is 19.7 Å². The van der Waals surface area contributed by atoms with E-state index in [2.05, 4.69) is 63.6 Å². The second-order valence-electron chi connectivity index (χ2n) is 11.6. The molecule has 0 spiro atoms. The summed E-state index contributed by atoms with van der Waals surface area (Å²) >= 11 is 0. The minimum absolute atomic E-state index is 0.0725. The number of hydrogen-bond acceptors (Lipinski definition) is 12. The average molecular weight is 651 g/mol. The predicted octanol–water partition coefficient (Wildman–Crippen LogP) is 0.858. The molecule has 0 radical (unpaired) electrons. The lowest BCUT2D eigenvalue weighted by Gasteiger charge is -2.42. The van der Waals surface area contributed by atoms with Crippen LogP contribution in [0.5, 0.6) is 0 Å². The standard InChI is InChI=1S/C24H25FN10O3.C7H18N2/c25-17-12-29-20(18-10-14(13-36)31-32-18)21-19(17)16(11-28-21)22(37)23(38)33-6-8-34(9-7-33)24(30-26)35(27)15-4-2-1-3-5-15;1-8(2)6-5-7-9(3)4/h1-5,10-13,24,28,30H,6-9,26-27H2,(H,31,32);5-7H2,1-4H3. The minimum atomic E-state index is -0.852. The van der Waals surface area contributed by atoms with Gasteiger partial charge in [0.1, 0.15) is 11.4 Å². The number of H-pyrrole nitrogens is 2. The molecule has 1 unspecified atom stereocenters. The molecule has 0 aliphatic carbocycles. The van der Waals surface area contributed by atoms with Gasteiger partial charge in [0.25, 0.3) is 11.7 Å². The van der Waals surface area contributed by atoms with Gasteiger partial charge in [0.05, 0.1) is 34.0 Å². The van der Waals surface area contributed by atoms with E-state index < -0.39 is 23.8 Å². The van der Waals surface area contributed by atoms with Gasteiger partial charge in [-0.05, 0) is 65.9 Å². The van der Waals surface area contributed by atoms with Crippen molar-refractivity contribution in [2.75, 3.05) is 72.5 Å². The molecular formula is C31H43FN12O3. The van der Waals surface area contributed by atoms with Crippen molar-refractivity contribution in [3.63, 3.8) is 0 Å². The number of nitrogens with one attached hydrogen (secondary N) is 3. The number of nitrogens with zero attached hydrogens (tertiary/aromatic N) is 7. The number of aromatic nitrogens is 4. The van der Waals surface area contributed by atoms with Crippen LogP contribution in [0.25, 0.3) is 22.3 Å². The Morgan fingerprint density at radius 2 is 1.74 bits per heavy atom. The zero-order chi connectivity index (χ0) is 34.1. The lowest BCUT2D eigenvalue weighted by atomic mass is 10.1. The Hall–Kier alpha value is -4.58. The highest BCUT2D eigenvalue weighted by molar-refractivity contribution is 6.45. The number of benzene rings is 1. The van der Waals surface area contributed by atoms with Crippen LogP contribution in [-0.4, -0.2) is 131 Å². The number of amides is 1. The molecule has 7 N–H and O–H groups in total. The highest BCUT2D eigenvalue weighted by Gasteiger charge is 2.33. The van der Waals surface area contributed by atoms with Crippen LogP contribution in [0.4, 0.5) is 10.1 Å². The number of ketones is 1. The Morgan fingerprint density at radius 3 is 2.32 bits per heavy atom. The summed E-state index contributed by atoms with van der Waals surface area (Å²) < 4.78 is 14.8. The van der Waals surface area contributed by atoms with E-state index in [0.29, 0.717) is 19.4 Å². The molecule has 47 heavy (non-hydrogen) atoms. The van der Waals surface area contributed by atoms with Crippen molar-refractivity contribution in [2.24, 2.45) is 11.7 Å². The number of Topliss-reactive ketones (excluding diaryl/α,β-unsaturated/α-hetero) is 1. The third kappa shape index (κ3) is 8.62. The summed E-state index contributed by atoms with van der Waals surface area (Å²) in [6.07, 6.45) is 3.54. The van der Waals surface area contributed by atoms with E-state index in [9.17, 15) is 18.8 Å². The lowest BCUT2D eigenvalue weighted by molar-refractivity contribution is -0.128. The van der Waals surface area contributed by atoms with Crippen molar-refractivity contribution >= 4 is 34.6 Å². The number of hydrogen-bond donors (Lipinski definition) is 5. The number of para-hydroxylation sites is 1. The number of piperazine rings is 1. The van der Waals surface area contributed by atoms with Crippen LogP contribution >= 0.6 is 0 Å². The molecule has 1 amide bonds. The van der Waals surface area contributed by atoms with E-state index in [-0.39, 0.29) is 46.6 Å². The molecule has 16 heteroatoms. The maximum Gasteiger partial charge on any atom is 0.295 e. The maximum atomic E-state index is 14.8. The van der Waals surface area contributed by atoms with Gasteiger partial charge in [-0.2, -0.15) is 5.10 Å². The zero-order valence-electron chi connectivity index (χ0n) is 27.1. The summed E-state index contributed by atoms with van der Waals surface area (Å²) in [5.41, 5.74) is 4.24. The number of aldehydes is 1. The molecule has 1 atom stereocenters. The highest BCUT2D eigenvalue weighted by Crippen LogP contribution is 2.30. The third-order valence-corrected chi connectivity index (χ3v) is 7.69. The molecule has 4 aromatic rings. The van der Waals surface area contributed by atoms with Crippen molar-refractivity contribution in [2.45, 2.75) is 12.7 Å². The number of carbonyl (C=O) groups is 3. The molecule has 252 valence electrons. The largest absolute Gasteiger partial charge is 0.359 e. The van der Waals surface area contributed by atoms with Gasteiger partial charge in [-0.25, -0.2) is 20.6 Å². The molecule has 15 nitrogen and oxygen atoms in total. The number of anilines is 1. The normalized spacial score (nSPS) is 14.3. The maximum absolute atomic E-state index is 14.8. The Bertz CT molecular complexity index is 1630. The Balaban J connectivity index is 0.000000488. The molecule has 1 aliphatic rings. The Kier molecular flexibility index (Phi) is 12.2. The molecule has 1 aromatic carbocycles. The number of carbonyl (C=O) groups excluding carboxylic acids is 3. The molecule has 0 saturated carbocycles. The van der Waals surface area contributed by atoms with Crippen molar-refractivity contribution in [1.82, 2.24) is 45.2 Å². The number of pyridine rings is 1. The van der Waals surface area contributed by atoms with E-state index >= 15 is 0 Å². The van der Waals surface area contributed by atoms with Crippen molar-refractivity contribution in [3.05, 3.63) is 65.9 Å². The number of rotatable bonds is 12. The monoisotopic (exact) mass is 650 g/mol. The average Bonchev–Trinajstić information content (AvgIpc) is 3.74. The van der Waals surface area contributed by atoms with Gasteiger partial charge in [0, 0.05) is 32.4 Å². The summed E-state index contributed by atoms with van der Waals surface area (Å²) in [4.78, 5) is 52.0. The Labute approximate surface area is 272 Å². The number of hydrazine groups is 2. The van der Waals surface area contributed by atoms with E-state index in [4.69, 9.17) is 11.7 Å². The quantitative estimate of drug-likeness (QED) is 0.0364. The van der Waals surface area contributed by atoms with E-state index in [1.807, 2.05) is 35.2 Å². The van der Waals surface area contributed by atoms with Crippen LogP contribution in [-0.2, 0) is 4.79 Å². The second kappa shape index (κ2) is 16.3. The fourth-order valence-electron chi connectivity index (χ4n) is 5.23. The molecule has 1 saturated heterocycles. The topological polar surface area (TPSA) is 189 Å². The number of nitrogens with two attached hydrogens (primary N) is 2. The van der Waals surface area contributed by atoms with Gasteiger partial charge in [-0.3, -0.25) is 35.2 Å². The van der Waals surface area contributed by atoms with Crippen LogP contribution in [0.3, 0.4) is 0 Å². The third-order valence-electron chi connectivity index (χ3n) is 7.69.